The third-order valence-corrected chi connectivity index (χ3v) is 14.0. The van der Waals surface area contributed by atoms with Gasteiger partial charge in [-0.25, -0.2) is 0 Å². The largest absolute Gasteiger partial charge is 0.140 e. The van der Waals surface area contributed by atoms with E-state index < -0.39 is 0 Å². The van der Waals surface area contributed by atoms with Crippen LogP contribution in [-0.4, -0.2) is 0 Å². The van der Waals surface area contributed by atoms with Crippen molar-refractivity contribution >= 4 is 97.6 Å². The molecule has 0 fully saturated rings. The minimum Gasteiger partial charge on any atom is -0.140 e. The van der Waals surface area contributed by atoms with E-state index in [0.29, 0.717) is 0 Å². The predicted octanol–water partition coefficient (Wildman–Crippen LogP) is 12.8. The van der Waals surface area contributed by atoms with Crippen molar-refractivity contribution in [3.8, 4) is 40.4 Å². The van der Waals surface area contributed by atoms with Gasteiger partial charge in [-0.2, -0.15) is 0 Å². The summed E-state index contributed by atoms with van der Waals surface area (Å²) in [6.45, 7) is 4.35. The van der Waals surface area contributed by atoms with Crippen molar-refractivity contribution in [2.24, 2.45) is 0 Å². The molecule has 38 heavy (non-hydrogen) atoms. The maximum Gasteiger partial charge on any atom is 0.0542 e. The van der Waals surface area contributed by atoms with Crippen molar-refractivity contribution in [3.63, 3.8) is 0 Å². The molecule has 0 radical (unpaired) electrons. The zero-order valence-corrected chi connectivity index (χ0v) is 25.4. The van der Waals surface area contributed by atoms with Gasteiger partial charge in [-0.05, 0) is 85.6 Å². The van der Waals surface area contributed by atoms with Gasteiger partial charge in [-0.15, -0.1) is 68.0 Å². The van der Waals surface area contributed by atoms with Gasteiger partial charge >= 0.3 is 0 Å². The number of fused-ring (bicyclic) bond motifs is 5. The maximum atomic E-state index is 2.39. The monoisotopic (exact) mass is 596 g/mol. The van der Waals surface area contributed by atoms with Crippen LogP contribution in [0.15, 0.2) is 84.9 Å². The number of hydrogen-bond acceptors (Lipinski definition) is 6. The number of benzene rings is 2. The summed E-state index contributed by atoms with van der Waals surface area (Å²) in [4.78, 5) is 10.8. The summed E-state index contributed by atoms with van der Waals surface area (Å²) in [5.41, 5.74) is 2.63. The molecule has 0 saturated heterocycles. The van der Waals surface area contributed by atoms with E-state index in [-0.39, 0.29) is 0 Å². The fraction of sp³-hybridized carbons (Fsp3) is 0.0625. The second kappa shape index (κ2) is 8.98. The molecule has 0 nitrogen and oxygen atoms in total. The Morgan fingerprint density at radius 2 is 0.763 bits per heavy atom. The molecule has 0 spiro atoms. The summed E-state index contributed by atoms with van der Waals surface area (Å²) in [5, 5.41) is 2.77. The van der Waals surface area contributed by atoms with Crippen LogP contribution in [0.4, 0.5) is 0 Å². The fourth-order valence-electron chi connectivity index (χ4n) is 4.95. The molecule has 0 aliphatic rings. The molecule has 6 heteroatoms. The van der Waals surface area contributed by atoms with Gasteiger partial charge < -0.3 is 0 Å². The molecule has 0 amide bonds. The van der Waals surface area contributed by atoms with Crippen molar-refractivity contribution in [1.82, 2.24) is 0 Å². The third kappa shape index (κ3) is 3.86. The third-order valence-electron chi connectivity index (χ3n) is 6.83. The Bertz CT molecular complexity index is 1960. The van der Waals surface area contributed by atoms with Gasteiger partial charge in [-0.1, -0.05) is 24.3 Å². The summed E-state index contributed by atoms with van der Waals surface area (Å²) in [6.07, 6.45) is 0. The Labute approximate surface area is 244 Å². The number of thiophene rings is 6. The molecule has 0 N–H and O–H groups in total. The van der Waals surface area contributed by atoms with Gasteiger partial charge in [-0.3, -0.25) is 0 Å². The first kappa shape index (κ1) is 23.3. The normalized spacial score (nSPS) is 11.9. The highest BCUT2D eigenvalue weighted by atomic mass is 32.1. The highest BCUT2D eigenvalue weighted by molar-refractivity contribution is 7.36. The lowest BCUT2D eigenvalue weighted by Crippen LogP contribution is -1.71. The molecular weight excluding hydrogens is 577 g/mol. The lowest BCUT2D eigenvalue weighted by Gasteiger charge is -1.99. The maximum absolute atomic E-state index is 2.39. The first-order chi connectivity index (χ1) is 18.6. The van der Waals surface area contributed by atoms with Crippen molar-refractivity contribution < 1.29 is 0 Å². The lowest BCUT2D eigenvalue weighted by atomic mass is 10.1. The van der Waals surface area contributed by atoms with Gasteiger partial charge in [0.05, 0.1) is 9.40 Å². The molecule has 8 rings (SSSR count). The minimum absolute atomic E-state index is 1.32. The van der Waals surface area contributed by atoms with Gasteiger partial charge in [0.2, 0.25) is 0 Å². The standard InChI is InChI=1S/C32H20S6/c1-17-3-9-25(33-17)27-13-11-23(35-27)19-5-7-21-29(15-19)37-32-22-8-6-20(16-30(22)38-31(21)32)24-12-14-28(36-24)26-10-4-18(2)34-26/h3-16H,1-2H3. The van der Waals surface area contributed by atoms with Crippen molar-refractivity contribution in [2.45, 2.75) is 13.8 Å². The fourth-order valence-corrected chi connectivity index (χ4v) is 11.6. The van der Waals surface area contributed by atoms with Gasteiger partial charge in [0.1, 0.15) is 0 Å². The van der Waals surface area contributed by atoms with Crippen molar-refractivity contribution in [1.29, 1.82) is 0 Å². The molecule has 0 unspecified atom stereocenters. The molecular formula is C32H20S6. The molecule has 184 valence electrons. The zero-order chi connectivity index (χ0) is 25.4. The van der Waals surface area contributed by atoms with E-state index in [0.717, 1.165) is 0 Å². The van der Waals surface area contributed by atoms with E-state index in [1.54, 1.807) is 0 Å². The highest BCUT2D eigenvalue weighted by Crippen LogP contribution is 2.47. The first-order valence-corrected chi connectivity index (χ1v) is 17.2. The summed E-state index contributed by atoms with van der Waals surface area (Å²) in [7, 11) is 0. The number of aryl methyl sites for hydroxylation is 2. The second-order valence-corrected chi connectivity index (χ2v) is 16.3. The quantitative estimate of drug-likeness (QED) is 0.190. The van der Waals surface area contributed by atoms with Crippen LogP contribution in [0.5, 0.6) is 0 Å². The van der Waals surface area contributed by atoms with Crippen molar-refractivity contribution in [2.75, 3.05) is 0 Å². The van der Waals surface area contributed by atoms with Crippen LogP contribution in [0.3, 0.4) is 0 Å². The first-order valence-electron chi connectivity index (χ1n) is 12.3. The van der Waals surface area contributed by atoms with E-state index >= 15 is 0 Å². The second-order valence-electron chi connectivity index (χ2n) is 9.43. The molecule has 0 saturated carbocycles. The average Bonchev–Trinajstić information content (AvgIpc) is 3.75. The van der Waals surface area contributed by atoms with Crippen LogP contribution in [0.25, 0.3) is 70.0 Å². The summed E-state index contributed by atoms with van der Waals surface area (Å²) in [5.74, 6) is 0. The van der Waals surface area contributed by atoms with E-state index in [2.05, 4.69) is 98.8 Å². The van der Waals surface area contributed by atoms with Crippen molar-refractivity contribution in [3.05, 3.63) is 94.7 Å². The molecule has 6 heterocycles. The van der Waals surface area contributed by atoms with Gasteiger partial charge in [0.25, 0.3) is 0 Å². The van der Waals surface area contributed by atoms with Gasteiger partial charge in [0, 0.05) is 59.2 Å². The zero-order valence-electron chi connectivity index (χ0n) is 20.5. The average molecular weight is 597 g/mol. The van der Waals surface area contributed by atoms with E-state index in [1.165, 1.54) is 79.7 Å². The van der Waals surface area contributed by atoms with Crippen LogP contribution >= 0.6 is 68.0 Å². The van der Waals surface area contributed by atoms with Crippen LogP contribution < -0.4 is 0 Å². The highest BCUT2D eigenvalue weighted by Gasteiger charge is 2.15. The summed E-state index contributed by atoms with van der Waals surface area (Å²) in [6, 6.07) is 32.1. The van der Waals surface area contributed by atoms with Crippen LogP contribution in [0.1, 0.15) is 9.75 Å². The van der Waals surface area contributed by atoms with Crippen LogP contribution in [0.2, 0.25) is 0 Å². The Balaban J connectivity index is 1.15. The van der Waals surface area contributed by atoms with E-state index in [1.807, 2.05) is 68.0 Å². The molecule has 8 aromatic rings. The Kier molecular flexibility index (Phi) is 5.51. The topological polar surface area (TPSA) is 0 Å². The van der Waals surface area contributed by atoms with Crippen LogP contribution in [0, 0.1) is 13.8 Å². The van der Waals surface area contributed by atoms with Crippen LogP contribution in [-0.2, 0) is 0 Å². The van der Waals surface area contributed by atoms with Gasteiger partial charge in [0.15, 0.2) is 0 Å². The number of hydrogen-bond donors (Lipinski definition) is 0. The molecule has 6 aromatic heterocycles. The molecule has 0 atom stereocenters. The Hall–Kier alpha value is -2.58. The summed E-state index contributed by atoms with van der Waals surface area (Å²) < 4.78 is 5.60. The Morgan fingerprint density at radius 1 is 0.368 bits per heavy atom. The number of rotatable bonds is 4. The van der Waals surface area contributed by atoms with E-state index in [4.69, 9.17) is 0 Å². The lowest BCUT2D eigenvalue weighted by molar-refractivity contribution is 1.64. The molecule has 0 aliphatic carbocycles. The molecule has 0 bridgehead atoms. The smallest absolute Gasteiger partial charge is 0.0542 e. The summed E-state index contributed by atoms with van der Waals surface area (Å²) >= 11 is 11.4. The predicted molar refractivity (Wildman–Crippen MR) is 177 cm³/mol. The minimum atomic E-state index is 1.32. The van der Waals surface area contributed by atoms with E-state index in [9.17, 15) is 0 Å². The SMILES string of the molecule is Cc1ccc(-c2ccc(-c3ccc4c(c3)sc3c5ccc(-c6ccc(-c7ccc(C)s7)s6)cc5sc43)s2)s1. The molecule has 0 aliphatic heterocycles. The Morgan fingerprint density at radius 3 is 1.18 bits per heavy atom. The molecule has 2 aromatic carbocycles.